The second-order valence-electron chi connectivity index (χ2n) is 5.43. The Morgan fingerprint density at radius 3 is 2.90 bits per heavy atom. The Kier molecular flexibility index (Phi) is 4.28. The van der Waals surface area contributed by atoms with Crippen LogP contribution in [0, 0.1) is 0 Å². The van der Waals surface area contributed by atoms with Crippen molar-refractivity contribution in [2.45, 2.75) is 38.1 Å². The first-order valence-corrected chi connectivity index (χ1v) is 7.45. The van der Waals surface area contributed by atoms with Crippen LogP contribution in [0.15, 0.2) is 30.5 Å². The molecule has 0 unspecified atom stereocenters. The van der Waals surface area contributed by atoms with Gasteiger partial charge in [0, 0.05) is 16.8 Å². The average molecular weight is 285 g/mol. The summed E-state index contributed by atoms with van der Waals surface area (Å²) in [5.41, 5.74) is 0. The maximum Gasteiger partial charge on any atom is 0.258 e. The van der Waals surface area contributed by atoms with Crippen LogP contribution >= 0.6 is 0 Å². The van der Waals surface area contributed by atoms with Crippen molar-refractivity contribution < 1.29 is 9.53 Å². The van der Waals surface area contributed by atoms with E-state index in [9.17, 15) is 4.79 Å². The summed E-state index contributed by atoms with van der Waals surface area (Å²) < 4.78 is 5.54. The van der Waals surface area contributed by atoms with Gasteiger partial charge in [-0.25, -0.2) is 0 Å². The third-order valence-corrected chi connectivity index (χ3v) is 3.85. The molecule has 21 heavy (non-hydrogen) atoms. The van der Waals surface area contributed by atoms with Gasteiger partial charge in [0.25, 0.3) is 5.91 Å². The average Bonchev–Trinajstić information content (AvgIpc) is 2.54. The van der Waals surface area contributed by atoms with Crippen LogP contribution in [-0.4, -0.2) is 28.8 Å². The van der Waals surface area contributed by atoms with Crippen LogP contribution in [-0.2, 0) is 4.79 Å². The van der Waals surface area contributed by atoms with E-state index in [1.807, 2.05) is 24.3 Å². The molecule has 0 radical (unpaired) electrons. The normalized spacial score (nSPS) is 15.8. The molecule has 0 saturated heterocycles. The molecule has 2 aromatic rings. The van der Waals surface area contributed by atoms with Gasteiger partial charge in [-0.05, 0) is 18.9 Å². The van der Waals surface area contributed by atoms with Gasteiger partial charge in [0.05, 0.1) is 6.20 Å². The van der Waals surface area contributed by atoms with E-state index in [-0.39, 0.29) is 12.5 Å². The van der Waals surface area contributed by atoms with Crippen molar-refractivity contribution >= 4 is 16.7 Å². The second kappa shape index (κ2) is 6.52. The molecule has 1 aliphatic carbocycles. The van der Waals surface area contributed by atoms with Gasteiger partial charge in [-0.1, -0.05) is 37.5 Å². The van der Waals surface area contributed by atoms with Crippen molar-refractivity contribution in [3.05, 3.63) is 30.5 Å². The van der Waals surface area contributed by atoms with E-state index in [1.54, 1.807) is 6.20 Å². The maximum absolute atomic E-state index is 11.9. The molecule has 1 fully saturated rings. The van der Waals surface area contributed by atoms with Crippen LogP contribution in [0.2, 0.25) is 0 Å². The van der Waals surface area contributed by atoms with E-state index >= 15 is 0 Å². The number of carbonyl (C=O) groups is 1. The van der Waals surface area contributed by atoms with E-state index in [2.05, 4.69) is 15.5 Å². The number of rotatable bonds is 4. The summed E-state index contributed by atoms with van der Waals surface area (Å²) in [5.74, 6) is 0.323. The van der Waals surface area contributed by atoms with Crippen molar-refractivity contribution in [1.29, 1.82) is 0 Å². The fraction of sp³-hybridized carbons (Fsp3) is 0.438. The van der Waals surface area contributed by atoms with Crippen molar-refractivity contribution in [1.82, 2.24) is 15.5 Å². The molecular formula is C16H19N3O2. The van der Waals surface area contributed by atoms with Gasteiger partial charge in [0.1, 0.15) is 0 Å². The smallest absolute Gasteiger partial charge is 0.258 e. The zero-order valence-electron chi connectivity index (χ0n) is 11.9. The quantitative estimate of drug-likeness (QED) is 0.937. The molecule has 1 N–H and O–H groups in total. The summed E-state index contributed by atoms with van der Waals surface area (Å²) in [7, 11) is 0. The van der Waals surface area contributed by atoms with Gasteiger partial charge in [0.15, 0.2) is 6.61 Å². The molecular weight excluding hydrogens is 266 g/mol. The molecule has 5 heteroatoms. The number of hydrogen-bond donors (Lipinski definition) is 1. The summed E-state index contributed by atoms with van der Waals surface area (Å²) >= 11 is 0. The van der Waals surface area contributed by atoms with Crippen molar-refractivity contribution in [2.75, 3.05) is 6.61 Å². The highest BCUT2D eigenvalue weighted by atomic mass is 16.5. The van der Waals surface area contributed by atoms with Gasteiger partial charge in [0.2, 0.25) is 5.88 Å². The molecule has 1 aliphatic rings. The monoisotopic (exact) mass is 285 g/mol. The van der Waals surface area contributed by atoms with Crippen molar-refractivity contribution in [2.24, 2.45) is 0 Å². The molecule has 1 aromatic carbocycles. The Labute approximate surface area is 123 Å². The third-order valence-electron chi connectivity index (χ3n) is 3.85. The highest BCUT2D eigenvalue weighted by Gasteiger charge is 2.16. The van der Waals surface area contributed by atoms with Gasteiger partial charge >= 0.3 is 0 Å². The molecule has 1 heterocycles. The first kappa shape index (κ1) is 13.8. The summed E-state index contributed by atoms with van der Waals surface area (Å²) in [6.07, 6.45) is 7.49. The van der Waals surface area contributed by atoms with E-state index in [0.717, 1.165) is 23.6 Å². The summed E-state index contributed by atoms with van der Waals surface area (Å²) in [6.45, 7) is -0.0147. The zero-order chi connectivity index (χ0) is 14.5. The van der Waals surface area contributed by atoms with Crippen LogP contribution in [0.25, 0.3) is 10.8 Å². The number of ether oxygens (including phenoxy) is 1. The number of amides is 1. The van der Waals surface area contributed by atoms with Crippen LogP contribution < -0.4 is 10.1 Å². The standard InChI is InChI=1S/C16H19N3O2/c20-15(18-13-7-2-1-3-8-13)11-21-16-14-9-5-4-6-12(14)10-17-19-16/h4-6,9-10,13H,1-3,7-8,11H2,(H,18,20). The number of nitrogens with one attached hydrogen (secondary N) is 1. The fourth-order valence-corrected chi connectivity index (χ4v) is 2.76. The van der Waals surface area contributed by atoms with E-state index in [1.165, 1.54) is 19.3 Å². The minimum atomic E-state index is -0.0864. The predicted molar refractivity (Wildman–Crippen MR) is 80.0 cm³/mol. The van der Waals surface area contributed by atoms with Crippen LogP contribution in [0.4, 0.5) is 0 Å². The van der Waals surface area contributed by atoms with Crippen molar-refractivity contribution in [3.63, 3.8) is 0 Å². The molecule has 0 aliphatic heterocycles. The first-order valence-electron chi connectivity index (χ1n) is 7.45. The number of aromatic nitrogens is 2. The molecule has 0 spiro atoms. The lowest BCUT2D eigenvalue weighted by atomic mass is 9.95. The van der Waals surface area contributed by atoms with E-state index < -0.39 is 0 Å². The van der Waals surface area contributed by atoms with Gasteiger partial charge in [-0.3, -0.25) is 4.79 Å². The Morgan fingerprint density at radius 2 is 2.05 bits per heavy atom. The molecule has 1 saturated carbocycles. The highest BCUT2D eigenvalue weighted by Crippen LogP contribution is 2.21. The Hall–Kier alpha value is -2.17. The van der Waals surface area contributed by atoms with Gasteiger partial charge < -0.3 is 10.1 Å². The minimum absolute atomic E-state index is 0.0147. The SMILES string of the molecule is O=C(COc1nncc2ccccc12)NC1CCCCC1. The van der Waals surface area contributed by atoms with E-state index in [0.29, 0.717) is 11.9 Å². The summed E-state index contributed by atoms with van der Waals surface area (Å²) in [5, 5.41) is 12.7. The topological polar surface area (TPSA) is 64.1 Å². The summed E-state index contributed by atoms with van der Waals surface area (Å²) in [4.78, 5) is 11.9. The van der Waals surface area contributed by atoms with Crippen LogP contribution in [0.3, 0.4) is 0 Å². The predicted octanol–water partition coefficient (Wildman–Crippen LogP) is 2.46. The largest absolute Gasteiger partial charge is 0.466 e. The Morgan fingerprint density at radius 1 is 1.24 bits per heavy atom. The number of hydrogen-bond acceptors (Lipinski definition) is 4. The lowest BCUT2D eigenvalue weighted by Gasteiger charge is -2.22. The molecule has 1 amide bonds. The Balaban J connectivity index is 1.59. The number of nitrogens with zero attached hydrogens (tertiary/aromatic N) is 2. The first-order chi connectivity index (χ1) is 10.3. The van der Waals surface area contributed by atoms with Gasteiger partial charge in [-0.2, -0.15) is 5.10 Å². The zero-order valence-corrected chi connectivity index (χ0v) is 11.9. The fourth-order valence-electron chi connectivity index (χ4n) is 2.76. The van der Waals surface area contributed by atoms with Gasteiger partial charge in [-0.15, -0.1) is 5.10 Å². The van der Waals surface area contributed by atoms with Crippen molar-refractivity contribution in [3.8, 4) is 5.88 Å². The lowest BCUT2D eigenvalue weighted by molar-refractivity contribution is -0.124. The number of fused-ring (bicyclic) bond motifs is 1. The molecule has 110 valence electrons. The maximum atomic E-state index is 11.9. The highest BCUT2D eigenvalue weighted by molar-refractivity contribution is 5.86. The number of carbonyl (C=O) groups excluding carboxylic acids is 1. The Bertz CT molecular complexity index is 618. The molecule has 0 bridgehead atoms. The minimum Gasteiger partial charge on any atom is -0.466 e. The molecule has 3 rings (SSSR count). The summed E-state index contributed by atoms with van der Waals surface area (Å²) in [6, 6.07) is 8.01. The van der Waals surface area contributed by atoms with Crippen LogP contribution in [0.1, 0.15) is 32.1 Å². The molecule has 1 aromatic heterocycles. The molecule has 5 nitrogen and oxygen atoms in total. The third kappa shape index (κ3) is 3.48. The number of benzene rings is 1. The molecule has 0 atom stereocenters. The lowest BCUT2D eigenvalue weighted by Crippen LogP contribution is -2.39. The van der Waals surface area contributed by atoms with E-state index in [4.69, 9.17) is 4.74 Å². The van der Waals surface area contributed by atoms with Crippen LogP contribution in [0.5, 0.6) is 5.88 Å². The second-order valence-corrected chi connectivity index (χ2v) is 5.43.